The van der Waals surface area contributed by atoms with Crippen LogP contribution in [0.1, 0.15) is 28.6 Å². The molecule has 0 radical (unpaired) electrons. The van der Waals surface area contributed by atoms with Crippen molar-refractivity contribution >= 4 is 11.6 Å². The molecule has 1 saturated heterocycles. The SMILES string of the molecule is Cc1nn(C)c(C)c1NC(=O)CN1CCN(C(c2ccc(F)cc2)c2ccc(F)cc2)CC1. The van der Waals surface area contributed by atoms with E-state index in [1.807, 2.05) is 20.9 Å². The van der Waals surface area contributed by atoms with Crippen molar-refractivity contribution in [2.24, 2.45) is 7.05 Å². The zero-order valence-electron chi connectivity index (χ0n) is 19.2. The van der Waals surface area contributed by atoms with E-state index >= 15 is 0 Å². The lowest BCUT2D eigenvalue weighted by Gasteiger charge is -2.39. The number of aryl methyl sites for hydroxylation is 2. The van der Waals surface area contributed by atoms with Crippen LogP contribution in [0, 0.1) is 25.5 Å². The van der Waals surface area contributed by atoms with Crippen LogP contribution in [0.5, 0.6) is 0 Å². The summed E-state index contributed by atoms with van der Waals surface area (Å²) >= 11 is 0. The summed E-state index contributed by atoms with van der Waals surface area (Å²) in [7, 11) is 1.86. The number of piperazine rings is 1. The first-order chi connectivity index (χ1) is 15.8. The second kappa shape index (κ2) is 9.80. The number of hydrogen-bond donors (Lipinski definition) is 1. The predicted octanol–water partition coefficient (Wildman–Crippen LogP) is 3.66. The standard InChI is InChI=1S/C25H29F2N5O/c1-17-24(18(2)30(3)29-17)28-23(33)16-31-12-14-32(15-13-31)25(19-4-8-21(26)9-5-19)20-6-10-22(27)11-7-20/h4-11,25H,12-16H2,1-3H3,(H,28,33). The number of hydrogen-bond acceptors (Lipinski definition) is 4. The Morgan fingerprint density at radius 3 is 1.91 bits per heavy atom. The topological polar surface area (TPSA) is 53.4 Å². The smallest absolute Gasteiger partial charge is 0.238 e. The Labute approximate surface area is 192 Å². The molecule has 1 N–H and O–H groups in total. The third-order valence-corrected chi connectivity index (χ3v) is 6.28. The van der Waals surface area contributed by atoms with Gasteiger partial charge in [0.25, 0.3) is 0 Å². The Bertz CT molecular complexity index is 1060. The average molecular weight is 454 g/mol. The van der Waals surface area contributed by atoms with E-state index in [0.717, 1.165) is 54.4 Å². The van der Waals surface area contributed by atoms with Crippen LogP contribution in [0.4, 0.5) is 14.5 Å². The van der Waals surface area contributed by atoms with Crippen molar-refractivity contribution in [2.45, 2.75) is 19.9 Å². The summed E-state index contributed by atoms with van der Waals surface area (Å²) in [5.41, 5.74) is 4.41. The fraction of sp³-hybridized carbons (Fsp3) is 0.360. The molecule has 1 aromatic heterocycles. The molecule has 2 aromatic carbocycles. The highest BCUT2D eigenvalue weighted by Crippen LogP contribution is 2.30. The minimum atomic E-state index is -0.286. The van der Waals surface area contributed by atoms with Crippen molar-refractivity contribution in [1.82, 2.24) is 19.6 Å². The number of nitrogens with one attached hydrogen (secondary N) is 1. The molecule has 0 saturated carbocycles. The summed E-state index contributed by atoms with van der Waals surface area (Å²) in [6, 6.07) is 12.8. The maximum atomic E-state index is 13.5. The van der Waals surface area contributed by atoms with Gasteiger partial charge in [0.1, 0.15) is 11.6 Å². The van der Waals surface area contributed by atoms with Crippen molar-refractivity contribution in [3.05, 3.63) is 82.7 Å². The van der Waals surface area contributed by atoms with E-state index in [1.165, 1.54) is 24.3 Å². The van der Waals surface area contributed by atoms with Crippen molar-refractivity contribution in [1.29, 1.82) is 0 Å². The fourth-order valence-corrected chi connectivity index (χ4v) is 4.42. The van der Waals surface area contributed by atoms with Gasteiger partial charge in [-0.15, -0.1) is 0 Å². The van der Waals surface area contributed by atoms with Crippen LogP contribution in [0.25, 0.3) is 0 Å². The molecule has 1 fully saturated rings. The number of anilines is 1. The number of halogens is 2. The van der Waals surface area contributed by atoms with Gasteiger partial charge in [-0.25, -0.2) is 8.78 Å². The minimum Gasteiger partial charge on any atom is -0.322 e. The van der Waals surface area contributed by atoms with Gasteiger partial charge in [-0.3, -0.25) is 19.3 Å². The van der Waals surface area contributed by atoms with Crippen LogP contribution in [0.15, 0.2) is 48.5 Å². The molecule has 4 rings (SSSR count). The second-order valence-corrected chi connectivity index (χ2v) is 8.54. The van der Waals surface area contributed by atoms with Crippen LogP contribution in [0.2, 0.25) is 0 Å². The van der Waals surface area contributed by atoms with Crippen LogP contribution >= 0.6 is 0 Å². The maximum absolute atomic E-state index is 13.5. The molecule has 33 heavy (non-hydrogen) atoms. The molecule has 0 atom stereocenters. The van der Waals surface area contributed by atoms with E-state index in [1.54, 1.807) is 28.9 Å². The third-order valence-electron chi connectivity index (χ3n) is 6.28. The van der Waals surface area contributed by atoms with Crippen molar-refractivity contribution < 1.29 is 13.6 Å². The number of amides is 1. The van der Waals surface area contributed by atoms with Gasteiger partial charge >= 0.3 is 0 Å². The molecule has 6 nitrogen and oxygen atoms in total. The van der Waals surface area contributed by atoms with Gasteiger partial charge in [0.2, 0.25) is 5.91 Å². The van der Waals surface area contributed by atoms with E-state index in [9.17, 15) is 13.6 Å². The molecule has 0 aliphatic carbocycles. The van der Waals surface area contributed by atoms with E-state index in [0.29, 0.717) is 6.54 Å². The second-order valence-electron chi connectivity index (χ2n) is 8.54. The summed E-state index contributed by atoms with van der Waals surface area (Å²) in [6.07, 6.45) is 0. The Hall–Kier alpha value is -3.10. The van der Waals surface area contributed by atoms with Crippen LogP contribution in [0.3, 0.4) is 0 Å². The fourth-order valence-electron chi connectivity index (χ4n) is 4.42. The highest BCUT2D eigenvalue weighted by molar-refractivity contribution is 5.93. The van der Waals surface area contributed by atoms with Crippen molar-refractivity contribution in [3.63, 3.8) is 0 Å². The number of rotatable bonds is 6. The Morgan fingerprint density at radius 1 is 0.939 bits per heavy atom. The minimum absolute atomic E-state index is 0.0590. The van der Waals surface area contributed by atoms with Gasteiger partial charge in [0, 0.05) is 33.2 Å². The molecule has 0 bridgehead atoms. The van der Waals surface area contributed by atoms with Gasteiger partial charge in [-0.2, -0.15) is 5.10 Å². The number of carbonyl (C=O) groups excluding carboxylic acids is 1. The Morgan fingerprint density at radius 2 is 1.45 bits per heavy atom. The summed E-state index contributed by atoms with van der Waals surface area (Å²) in [5, 5.41) is 7.34. The quantitative estimate of drug-likeness (QED) is 0.619. The van der Waals surface area contributed by atoms with Crippen molar-refractivity contribution in [2.75, 3.05) is 38.0 Å². The largest absolute Gasteiger partial charge is 0.322 e. The van der Waals surface area contributed by atoms with Crippen LogP contribution < -0.4 is 5.32 Å². The van der Waals surface area contributed by atoms with Gasteiger partial charge < -0.3 is 5.32 Å². The molecule has 1 aliphatic heterocycles. The van der Waals surface area contributed by atoms with Crippen LogP contribution in [-0.2, 0) is 11.8 Å². The first-order valence-corrected chi connectivity index (χ1v) is 11.1. The molecule has 0 unspecified atom stereocenters. The predicted molar refractivity (Wildman–Crippen MR) is 124 cm³/mol. The van der Waals surface area contributed by atoms with Crippen molar-refractivity contribution in [3.8, 4) is 0 Å². The lowest BCUT2D eigenvalue weighted by Crippen LogP contribution is -2.49. The van der Waals surface area contributed by atoms with Gasteiger partial charge in [0.05, 0.1) is 29.7 Å². The molecule has 8 heteroatoms. The zero-order valence-corrected chi connectivity index (χ0v) is 19.2. The summed E-state index contributed by atoms with van der Waals surface area (Å²) < 4.78 is 28.8. The first kappa shape index (κ1) is 23.1. The molecule has 174 valence electrons. The molecule has 0 spiro atoms. The van der Waals surface area contributed by atoms with E-state index in [4.69, 9.17) is 0 Å². The highest BCUT2D eigenvalue weighted by Gasteiger charge is 2.27. The summed E-state index contributed by atoms with van der Waals surface area (Å²) in [6.45, 7) is 7.02. The monoisotopic (exact) mass is 453 g/mol. The molecule has 1 aliphatic rings. The van der Waals surface area contributed by atoms with E-state index in [-0.39, 0.29) is 23.6 Å². The molecule has 2 heterocycles. The molecule has 1 amide bonds. The molecular weight excluding hydrogens is 424 g/mol. The lowest BCUT2D eigenvalue weighted by atomic mass is 9.96. The summed E-state index contributed by atoms with van der Waals surface area (Å²) in [5.74, 6) is -0.630. The molecular formula is C25H29F2N5O. The molecule has 3 aromatic rings. The number of nitrogens with zero attached hydrogens (tertiary/aromatic N) is 4. The highest BCUT2D eigenvalue weighted by atomic mass is 19.1. The third kappa shape index (κ3) is 5.29. The Kier molecular flexibility index (Phi) is 6.85. The van der Waals surface area contributed by atoms with Crippen LogP contribution in [-0.4, -0.2) is 58.2 Å². The van der Waals surface area contributed by atoms with Gasteiger partial charge in [-0.1, -0.05) is 24.3 Å². The maximum Gasteiger partial charge on any atom is 0.238 e. The normalized spacial score (nSPS) is 15.2. The van der Waals surface area contributed by atoms with Gasteiger partial charge in [-0.05, 0) is 49.2 Å². The van der Waals surface area contributed by atoms with Gasteiger partial charge in [0.15, 0.2) is 0 Å². The van der Waals surface area contributed by atoms with E-state index in [2.05, 4.69) is 20.2 Å². The Balaban J connectivity index is 1.42. The first-order valence-electron chi connectivity index (χ1n) is 11.1. The lowest BCUT2D eigenvalue weighted by molar-refractivity contribution is -0.117. The number of benzene rings is 2. The summed E-state index contributed by atoms with van der Waals surface area (Å²) in [4.78, 5) is 17.1. The number of carbonyl (C=O) groups is 1. The van der Waals surface area contributed by atoms with E-state index < -0.39 is 0 Å². The number of aromatic nitrogens is 2. The average Bonchev–Trinajstić information content (AvgIpc) is 3.03. The zero-order chi connectivity index (χ0) is 23.5.